The van der Waals surface area contributed by atoms with Crippen molar-refractivity contribution in [2.24, 2.45) is 5.41 Å². The summed E-state index contributed by atoms with van der Waals surface area (Å²) in [6, 6.07) is 33.5. The monoisotopic (exact) mass is 508 g/mol. The van der Waals surface area contributed by atoms with Crippen LogP contribution >= 0.6 is 22.8 Å². The van der Waals surface area contributed by atoms with Gasteiger partial charge in [-0.1, -0.05) is 146 Å². The molecule has 0 amide bonds. The first kappa shape index (κ1) is 25.2. The van der Waals surface area contributed by atoms with Gasteiger partial charge in [0.2, 0.25) is 0 Å². The minimum Gasteiger partial charge on any atom is -0.0642 e. The molecule has 0 heterocycles. The molecule has 3 rings (SSSR count). The van der Waals surface area contributed by atoms with Gasteiger partial charge in [0, 0.05) is 0 Å². The molecule has 0 radical (unpaired) electrons. The van der Waals surface area contributed by atoms with Gasteiger partial charge < -0.3 is 0 Å². The average Bonchev–Trinajstić information content (AvgIpc) is 2.83. The molecule has 1 atom stereocenters. The largest absolute Gasteiger partial charge is 0.0642 e. The van der Waals surface area contributed by atoms with E-state index in [1.54, 1.807) is 0 Å². The average molecular weight is 510 g/mol. The summed E-state index contributed by atoms with van der Waals surface area (Å²) in [6.07, 6.45) is 14.3. The van der Waals surface area contributed by atoms with Gasteiger partial charge in [0.15, 0.2) is 0 Å². The Kier molecular flexibility index (Phi) is 11.5. The van der Waals surface area contributed by atoms with Crippen molar-refractivity contribution in [3.05, 3.63) is 108 Å². The minimum atomic E-state index is 0.251. The Bertz CT molecular complexity index is 746. The first-order chi connectivity index (χ1) is 15.8. The number of halogens is 1. The Hall–Kier alpha value is -1.43. The van der Waals surface area contributed by atoms with Gasteiger partial charge in [0.25, 0.3) is 0 Å². The maximum absolute atomic E-state index is 3.57. The molecule has 0 saturated carbocycles. The second-order valence-corrected chi connectivity index (χ2v) is 11.7. The summed E-state index contributed by atoms with van der Waals surface area (Å²) in [7, 11) is 0.933. The van der Waals surface area contributed by atoms with Gasteiger partial charge in [-0.05, 0) is 60.4 Å². The van der Waals surface area contributed by atoms with Crippen LogP contribution in [0.25, 0.3) is 0 Å². The lowest BCUT2D eigenvalue weighted by Gasteiger charge is -2.35. The standard InChI is InChI=1S/C30H38BrP/c31-32-23-15-4-2-1-3-14-22-30(24-27-16-8-5-9-17-27,25-28-18-10-6-11-19-28)26-29-20-12-7-13-21-29/h5-13,16-21,32H,1-4,14-15,22-26H2. The molecule has 3 aromatic carbocycles. The van der Waals surface area contributed by atoms with Gasteiger partial charge in [0.05, 0.1) is 0 Å². The topological polar surface area (TPSA) is 0 Å². The van der Waals surface area contributed by atoms with E-state index in [1.165, 1.54) is 67.8 Å². The SMILES string of the molecule is BrPCCCCCCCCC(Cc1ccccc1)(Cc1ccccc1)Cc1ccccc1. The van der Waals surface area contributed by atoms with Gasteiger partial charge in [-0.15, -0.1) is 0 Å². The van der Waals surface area contributed by atoms with E-state index in [1.807, 2.05) is 0 Å². The molecule has 3 aromatic rings. The summed E-state index contributed by atoms with van der Waals surface area (Å²) in [4.78, 5) is 0. The summed E-state index contributed by atoms with van der Waals surface area (Å²) >= 11 is 3.57. The summed E-state index contributed by atoms with van der Waals surface area (Å²) in [5, 5.41) is 0. The van der Waals surface area contributed by atoms with Crippen LogP contribution in [-0.2, 0) is 19.3 Å². The third-order valence-electron chi connectivity index (χ3n) is 6.49. The Morgan fingerprint density at radius 1 is 0.500 bits per heavy atom. The van der Waals surface area contributed by atoms with Crippen molar-refractivity contribution in [1.82, 2.24) is 0 Å². The quantitative estimate of drug-likeness (QED) is 0.141. The molecule has 0 saturated heterocycles. The molecule has 0 N–H and O–H groups in total. The van der Waals surface area contributed by atoms with Crippen LogP contribution < -0.4 is 0 Å². The van der Waals surface area contributed by atoms with Gasteiger partial charge in [0.1, 0.15) is 0 Å². The molecule has 0 aliphatic rings. The lowest BCUT2D eigenvalue weighted by molar-refractivity contribution is 0.243. The predicted molar refractivity (Wildman–Crippen MR) is 147 cm³/mol. The van der Waals surface area contributed by atoms with Crippen LogP contribution in [-0.4, -0.2) is 6.16 Å². The van der Waals surface area contributed by atoms with E-state index in [0.29, 0.717) is 0 Å². The van der Waals surface area contributed by atoms with Crippen molar-refractivity contribution in [2.45, 2.75) is 64.2 Å². The number of benzene rings is 3. The van der Waals surface area contributed by atoms with Crippen LogP contribution in [0.3, 0.4) is 0 Å². The fraction of sp³-hybridized carbons (Fsp3) is 0.400. The molecule has 170 valence electrons. The highest BCUT2D eigenvalue weighted by Gasteiger charge is 2.30. The van der Waals surface area contributed by atoms with E-state index in [0.717, 1.165) is 26.5 Å². The summed E-state index contributed by atoms with van der Waals surface area (Å²) in [5.41, 5.74) is 4.65. The lowest BCUT2D eigenvalue weighted by Crippen LogP contribution is -2.30. The number of hydrogen-bond acceptors (Lipinski definition) is 0. The number of rotatable bonds is 15. The molecule has 0 bridgehead atoms. The molecular weight excluding hydrogens is 471 g/mol. The van der Waals surface area contributed by atoms with Crippen molar-refractivity contribution in [2.75, 3.05) is 6.16 Å². The van der Waals surface area contributed by atoms with Gasteiger partial charge in [-0.3, -0.25) is 0 Å². The van der Waals surface area contributed by atoms with Crippen molar-refractivity contribution in [3.8, 4) is 0 Å². The zero-order valence-electron chi connectivity index (χ0n) is 19.3. The molecule has 1 unspecified atom stereocenters. The summed E-state index contributed by atoms with van der Waals surface area (Å²) in [6.45, 7) is 0. The molecule has 2 heteroatoms. The van der Waals surface area contributed by atoms with E-state index in [9.17, 15) is 0 Å². The van der Waals surface area contributed by atoms with Crippen LogP contribution in [0.1, 0.15) is 61.6 Å². The lowest BCUT2D eigenvalue weighted by atomic mass is 9.69. The number of unbranched alkanes of at least 4 members (excludes halogenated alkanes) is 5. The van der Waals surface area contributed by atoms with Gasteiger partial charge in [-0.25, -0.2) is 0 Å². The third kappa shape index (κ3) is 9.21. The first-order valence-electron chi connectivity index (χ1n) is 12.2. The highest BCUT2D eigenvalue weighted by molar-refractivity contribution is 9.36. The van der Waals surface area contributed by atoms with Crippen molar-refractivity contribution < 1.29 is 0 Å². The van der Waals surface area contributed by atoms with Crippen LogP contribution in [0, 0.1) is 5.41 Å². The van der Waals surface area contributed by atoms with Crippen LogP contribution in [0.2, 0.25) is 0 Å². The molecule has 0 nitrogen and oxygen atoms in total. The predicted octanol–water partition coefficient (Wildman–Crippen LogP) is 9.42. The fourth-order valence-corrected chi connectivity index (χ4v) is 6.16. The third-order valence-corrected chi connectivity index (χ3v) is 8.23. The zero-order valence-corrected chi connectivity index (χ0v) is 21.9. The fourth-order valence-electron chi connectivity index (χ4n) is 4.94. The molecule has 0 aromatic heterocycles. The molecule has 0 aliphatic carbocycles. The first-order valence-corrected chi connectivity index (χ1v) is 15.7. The maximum Gasteiger partial charge on any atom is -0.0176 e. The Morgan fingerprint density at radius 3 is 1.28 bits per heavy atom. The molecule has 0 fully saturated rings. The van der Waals surface area contributed by atoms with E-state index < -0.39 is 0 Å². The van der Waals surface area contributed by atoms with E-state index in [4.69, 9.17) is 0 Å². The Balaban J connectivity index is 1.74. The van der Waals surface area contributed by atoms with Gasteiger partial charge in [-0.2, -0.15) is 0 Å². The van der Waals surface area contributed by atoms with Crippen LogP contribution in [0.5, 0.6) is 0 Å². The number of hydrogen-bond donors (Lipinski definition) is 0. The molecule has 0 spiro atoms. The maximum atomic E-state index is 3.57. The minimum absolute atomic E-state index is 0.251. The van der Waals surface area contributed by atoms with Crippen LogP contribution in [0.4, 0.5) is 0 Å². The highest BCUT2D eigenvalue weighted by atomic mass is 79.9. The highest BCUT2D eigenvalue weighted by Crippen LogP contribution is 2.37. The van der Waals surface area contributed by atoms with Gasteiger partial charge >= 0.3 is 0 Å². The Labute approximate surface area is 205 Å². The van der Waals surface area contributed by atoms with Crippen molar-refractivity contribution in [3.63, 3.8) is 0 Å². The molecular formula is C30H38BrP. The second kappa shape index (κ2) is 14.7. The normalized spacial score (nSPS) is 11.9. The van der Waals surface area contributed by atoms with E-state index in [-0.39, 0.29) is 5.41 Å². The molecule has 32 heavy (non-hydrogen) atoms. The van der Waals surface area contributed by atoms with Crippen molar-refractivity contribution in [1.29, 1.82) is 0 Å². The van der Waals surface area contributed by atoms with Crippen LogP contribution in [0.15, 0.2) is 91.0 Å². The summed E-state index contributed by atoms with van der Waals surface area (Å²) < 4.78 is 0. The second-order valence-electron chi connectivity index (χ2n) is 9.24. The van der Waals surface area contributed by atoms with E-state index in [2.05, 4.69) is 106 Å². The smallest absolute Gasteiger partial charge is 0.0176 e. The zero-order chi connectivity index (χ0) is 22.3. The van der Waals surface area contributed by atoms with E-state index >= 15 is 0 Å². The Morgan fingerprint density at radius 2 is 0.875 bits per heavy atom. The summed E-state index contributed by atoms with van der Waals surface area (Å²) in [5.74, 6) is 0. The molecule has 0 aliphatic heterocycles. The van der Waals surface area contributed by atoms with Crippen molar-refractivity contribution >= 4 is 22.8 Å².